The van der Waals surface area contributed by atoms with Crippen molar-refractivity contribution in [3.8, 4) is 0 Å². The number of carbonyl (C=O) groups is 1. The zero-order valence-electron chi connectivity index (χ0n) is 14.5. The summed E-state index contributed by atoms with van der Waals surface area (Å²) in [5.74, 6) is 0. The molecule has 1 aromatic heterocycles. The summed E-state index contributed by atoms with van der Waals surface area (Å²) in [6, 6.07) is 5.60. The Morgan fingerprint density at radius 3 is 3.04 bits per heavy atom. The molecule has 1 spiro atoms. The van der Waals surface area contributed by atoms with Crippen LogP contribution in [0.3, 0.4) is 0 Å². The van der Waals surface area contributed by atoms with Crippen LogP contribution in [0.15, 0.2) is 23.6 Å². The highest BCUT2D eigenvalue weighted by molar-refractivity contribution is 7.13. The number of benzene rings is 1. The van der Waals surface area contributed by atoms with E-state index in [0.717, 1.165) is 36.5 Å². The number of likely N-dealkylation sites (N-methyl/N-ethyl adjacent to an activating group) is 1. The minimum Gasteiger partial charge on any atom is -0.396 e. The lowest BCUT2D eigenvalue weighted by molar-refractivity contribution is 0.256. The Kier molecular flexibility index (Phi) is 4.64. The maximum atomic E-state index is 12.9. The van der Waals surface area contributed by atoms with Gasteiger partial charge < -0.3 is 10.0 Å². The number of hydrogen-bond donors (Lipinski definition) is 2. The van der Waals surface area contributed by atoms with Gasteiger partial charge in [-0.15, -0.1) is 11.3 Å². The van der Waals surface area contributed by atoms with Gasteiger partial charge in [0.25, 0.3) is 0 Å². The lowest BCUT2D eigenvalue weighted by Gasteiger charge is -2.25. The Hall–Kier alpha value is -1.67. The molecule has 1 saturated heterocycles. The van der Waals surface area contributed by atoms with Gasteiger partial charge in [0.05, 0.1) is 5.69 Å². The number of amides is 2. The number of halogens is 1. The highest BCUT2D eigenvalue weighted by atomic mass is 35.5. The van der Waals surface area contributed by atoms with Crippen LogP contribution in [0.25, 0.3) is 0 Å². The molecule has 2 N–H and O–H groups in total. The maximum absolute atomic E-state index is 12.9. The normalized spacial score (nSPS) is 22.2. The van der Waals surface area contributed by atoms with Crippen LogP contribution in [0.1, 0.15) is 17.7 Å². The molecule has 1 unspecified atom stereocenters. The van der Waals surface area contributed by atoms with Gasteiger partial charge in [0, 0.05) is 47.6 Å². The predicted octanol–water partition coefficient (Wildman–Crippen LogP) is 2.96. The van der Waals surface area contributed by atoms with Gasteiger partial charge in [-0.25, -0.2) is 9.78 Å². The van der Waals surface area contributed by atoms with Gasteiger partial charge in [-0.1, -0.05) is 11.6 Å². The molecule has 3 heterocycles. The zero-order valence-corrected chi connectivity index (χ0v) is 16.1. The third-order valence-corrected chi connectivity index (χ3v) is 6.25. The standard InChI is InChI=1S/C18H21ClN4O2S/c1-22-6-5-18(10-22)11-23(15-3-2-12(19)8-14(15)18)17(25)21-16-20-13(4-7-24)9-26-16/h2-3,8-9,24H,4-7,10-11H2,1H3,(H,20,21,25). The first-order valence-electron chi connectivity index (χ1n) is 8.63. The number of nitrogens with zero attached hydrogens (tertiary/aromatic N) is 3. The van der Waals surface area contributed by atoms with Crippen LogP contribution < -0.4 is 10.2 Å². The van der Waals surface area contributed by atoms with Crippen LogP contribution >= 0.6 is 22.9 Å². The number of likely N-dealkylation sites (tertiary alicyclic amines) is 1. The van der Waals surface area contributed by atoms with Gasteiger partial charge in [-0.3, -0.25) is 10.2 Å². The molecule has 4 rings (SSSR count). The van der Waals surface area contributed by atoms with E-state index in [-0.39, 0.29) is 18.1 Å². The van der Waals surface area contributed by atoms with Crippen molar-refractivity contribution >= 4 is 39.8 Å². The van der Waals surface area contributed by atoms with Crippen LogP contribution in [-0.2, 0) is 11.8 Å². The van der Waals surface area contributed by atoms with Gasteiger partial charge >= 0.3 is 6.03 Å². The smallest absolute Gasteiger partial charge is 0.328 e. The molecule has 0 bridgehead atoms. The molecule has 26 heavy (non-hydrogen) atoms. The number of nitrogens with one attached hydrogen (secondary N) is 1. The second kappa shape index (κ2) is 6.81. The second-order valence-electron chi connectivity index (χ2n) is 7.06. The molecular formula is C18H21ClN4O2S. The predicted molar refractivity (Wildman–Crippen MR) is 105 cm³/mol. The molecule has 2 aliphatic rings. The third-order valence-electron chi connectivity index (χ3n) is 5.20. The van der Waals surface area contributed by atoms with Crippen molar-refractivity contribution in [2.45, 2.75) is 18.3 Å². The summed E-state index contributed by atoms with van der Waals surface area (Å²) < 4.78 is 0. The van der Waals surface area contributed by atoms with Gasteiger partial charge in [-0.05, 0) is 43.8 Å². The molecule has 8 heteroatoms. The second-order valence-corrected chi connectivity index (χ2v) is 8.36. The SMILES string of the molecule is CN1CCC2(C1)CN(C(=O)Nc1nc(CCO)cs1)c1ccc(Cl)cc12. The van der Waals surface area contributed by atoms with Crippen LogP contribution in [0.5, 0.6) is 0 Å². The van der Waals surface area contributed by atoms with E-state index in [4.69, 9.17) is 16.7 Å². The van der Waals surface area contributed by atoms with Crippen LogP contribution in [0.2, 0.25) is 5.02 Å². The molecule has 138 valence electrons. The van der Waals surface area contributed by atoms with Crippen LogP contribution in [0.4, 0.5) is 15.6 Å². The number of hydrogen-bond acceptors (Lipinski definition) is 5. The Bertz CT molecular complexity index is 842. The largest absolute Gasteiger partial charge is 0.396 e. The maximum Gasteiger partial charge on any atom is 0.328 e. The Morgan fingerprint density at radius 1 is 1.46 bits per heavy atom. The van der Waals surface area contributed by atoms with Crippen LogP contribution in [-0.4, -0.2) is 54.3 Å². The average molecular weight is 393 g/mol. The summed E-state index contributed by atoms with van der Waals surface area (Å²) >= 11 is 7.62. The lowest BCUT2D eigenvalue weighted by atomic mass is 9.81. The Balaban J connectivity index is 1.60. The van der Waals surface area contributed by atoms with Crippen molar-refractivity contribution in [2.24, 2.45) is 0 Å². The van der Waals surface area contributed by atoms with Crippen molar-refractivity contribution in [2.75, 3.05) is 43.5 Å². The van der Waals surface area contributed by atoms with Crippen molar-refractivity contribution < 1.29 is 9.90 Å². The summed E-state index contributed by atoms with van der Waals surface area (Å²) in [6.07, 6.45) is 1.51. The minimum atomic E-state index is -0.176. The molecule has 2 amide bonds. The number of urea groups is 1. The number of aliphatic hydroxyl groups is 1. The van der Waals surface area contributed by atoms with E-state index in [2.05, 4.69) is 22.2 Å². The summed E-state index contributed by atoms with van der Waals surface area (Å²) in [7, 11) is 2.11. The van der Waals surface area contributed by atoms with E-state index in [1.165, 1.54) is 11.3 Å². The molecule has 0 radical (unpaired) electrons. The van der Waals surface area contributed by atoms with E-state index in [9.17, 15) is 4.79 Å². The van der Waals surface area contributed by atoms with E-state index in [0.29, 0.717) is 23.1 Å². The van der Waals surface area contributed by atoms with Gasteiger partial charge in [0.1, 0.15) is 0 Å². The molecule has 1 aromatic carbocycles. The minimum absolute atomic E-state index is 0.0490. The van der Waals surface area contributed by atoms with E-state index < -0.39 is 0 Å². The van der Waals surface area contributed by atoms with Gasteiger partial charge in [0.2, 0.25) is 0 Å². The topological polar surface area (TPSA) is 68.7 Å². The number of thiazole rings is 1. The third kappa shape index (κ3) is 3.09. The molecule has 2 aromatic rings. The first-order chi connectivity index (χ1) is 12.5. The fourth-order valence-electron chi connectivity index (χ4n) is 4.00. The number of rotatable bonds is 3. The summed E-state index contributed by atoms with van der Waals surface area (Å²) in [5, 5.41) is 15.0. The van der Waals surface area contributed by atoms with E-state index >= 15 is 0 Å². The van der Waals surface area contributed by atoms with Gasteiger partial charge in [-0.2, -0.15) is 0 Å². The summed E-state index contributed by atoms with van der Waals surface area (Å²) in [4.78, 5) is 21.4. The lowest BCUT2D eigenvalue weighted by Crippen LogP contribution is -2.40. The number of aliphatic hydroxyl groups excluding tert-OH is 1. The Labute approximate surface area is 161 Å². The fraction of sp³-hybridized carbons (Fsp3) is 0.444. The Morgan fingerprint density at radius 2 is 2.31 bits per heavy atom. The van der Waals surface area contributed by atoms with Crippen molar-refractivity contribution in [1.82, 2.24) is 9.88 Å². The quantitative estimate of drug-likeness (QED) is 0.842. The molecule has 0 aliphatic carbocycles. The molecule has 6 nitrogen and oxygen atoms in total. The molecule has 1 atom stereocenters. The van der Waals surface area contributed by atoms with E-state index in [1.54, 1.807) is 4.90 Å². The number of fused-ring (bicyclic) bond motifs is 2. The number of anilines is 2. The van der Waals surface area contributed by atoms with Crippen molar-refractivity contribution in [1.29, 1.82) is 0 Å². The van der Waals surface area contributed by atoms with Gasteiger partial charge in [0.15, 0.2) is 5.13 Å². The number of aromatic nitrogens is 1. The monoisotopic (exact) mass is 392 g/mol. The summed E-state index contributed by atoms with van der Waals surface area (Å²) in [5.41, 5.74) is 2.81. The summed E-state index contributed by atoms with van der Waals surface area (Å²) in [6.45, 7) is 2.63. The molecular weight excluding hydrogens is 372 g/mol. The van der Waals surface area contributed by atoms with E-state index in [1.807, 2.05) is 23.6 Å². The van der Waals surface area contributed by atoms with Crippen LogP contribution in [0, 0.1) is 0 Å². The van der Waals surface area contributed by atoms with Crippen molar-refractivity contribution in [3.05, 3.63) is 39.9 Å². The fourth-order valence-corrected chi connectivity index (χ4v) is 4.91. The molecule has 1 fully saturated rings. The number of carbonyl (C=O) groups excluding carboxylic acids is 1. The average Bonchev–Trinajstić information content (AvgIpc) is 3.28. The highest BCUT2D eigenvalue weighted by Gasteiger charge is 2.48. The zero-order chi connectivity index (χ0) is 18.3. The molecule has 0 saturated carbocycles. The first-order valence-corrected chi connectivity index (χ1v) is 9.89. The first kappa shape index (κ1) is 17.7. The highest BCUT2D eigenvalue weighted by Crippen LogP contribution is 2.47. The van der Waals surface area contributed by atoms with Crippen molar-refractivity contribution in [3.63, 3.8) is 0 Å². The molecule has 2 aliphatic heterocycles.